The van der Waals surface area contributed by atoms with Crippen molar-refractivity contribution < 1.29 is 14.1 Å². The number of carbonyl (C=O) groups is 1. The van der Waals surface area contributed by atoms with Crippen molar-refractivity contribution in [2.75, 3.05) is 19.8 Å². The van der Waals surface area contributed by atoms with E-state index in [4.69, 9.17) is 9.26 Å². The lowest BCUT2D eigenvalue weighted by Crippen LogP contribution is -2.43. The van der Waals surface area contributed by atoms with Gasteiger partial charge in [-0.2, -0.15) is 0 Å². The quantitative estimate of drug-likeness (QED) is 0.834. The van der Waals surface area contributed by atoms with Crippen molar-refractivity contribution in [3.8, 4) is 0 Å². The Morgan fingerprint density at radius 1 is 1.50 bits per heavy atom. The summed E-state index contributed by atoms with van der Waals surface area (Å²) >= 11 is 0. The van der Waals surface area contributed by atoms with Crippen molar-refractivity contribution in [3.63, 3.8) is 0 Å². The van der Waals surface area contributed by atoms with Crippen LogP contribution in [0.5, 0.6) is 0 Å². The maximum atomic E-state index is 12.6. The molecule has 0 radical (unpaired) electrons. The molecule has 2 aromatic rings. The van der Waals surface area contributed by atoms with Crippen LogP contribution in [0.1, 0.15) is 28.0 Å². The van der Waals surface area contributed by atoms with Crippen LogP contribution in [0.3, 0.4) is 0 Å². The lowest BCUT2D eigenvalue weighted by atomic mass is 10.1. The molecule has 0 saturated carbocycles. The fraction of sp³-hybridized carbons (Fsp3) is 0.429. The number of amides is 1. The van der Waals surface area contributed by atoms with E-state index in [9.17, 15) is 4.79 Å². The van der Waals surface area contributed by atoms with Gasteiger partial charge in [0.1, 0.15) is 0 Å². The van der Waals surface area contributed by atoms with E-state index >= 15 is 0 Å². The molecule has 1 saturated heterocycles. The van der Waals surface area contributed by atoms with Crippen LogP contribution in [0.25, 0.3) is 0 Å². The van der Waals surface area contributed by atoms with Gasteiger partial charge >= 0.3 is 0 Å². The van der Waals surface area contributed by atoms with Gasteiger partial charge in [-0.05, 0) is 19.1 Å². The molecule has 3 heterocycles. The number of carbonyl (C=O) groups excluding carboxylic acids is 1. The minimum Gasteiger partial charge on any atom is -0.377 e. The average Bonchev–Trinajstić information content (AvgIpc) is 3.07. The second-order valence-electron chi connectivity index (χ2n) is 4.97. The highest BCUT2D eigenvalue weighted by Gasteiger charge is 2.32. The molecule has 0 N–H and O–H groups in total. The standard InChI is InChI=1S/C14H17N3O3/c1-10-8-13(20-15-10)14(18)17-6-7-19-9-12(17)11-4-3-5-16(11)2/h3-5,8,12H,6-7,9H2,1-2H3/t12-/m1/s1. The largest absolute Gasteiger partial charge is 0.377 e. The number of hydrogen-bond donors (Lipinski definition) is 0. The average molecular weight is 275 g/mol. The monoisotopic (exact) mass is 275 g/mol. The molecule has 20 heavy (non-hydrogen) atoms. The summed E-state index contributed by atoms with van der Waals surface area (Å²) in [6.07, 6.45) is 1.96. The first-order valence-electron chi connectivity index (χ1n) is 6.60. The molecule has 0 unspecified atom stereocenters. The highest BCUT2D eigenvalue weighted by atomic mass is 16.5. The first-order valence-corrected chi connectivity index (χ1v) is 6.60. The van der Waals surface area contributed by atoms with E-state index in [1.807, 2.05) is 29.9 Å². The highest BCUT2D eigenvalue weighted by molar-refractivity contribution is 5.91. The number of nitrogens with zero attached hydrogens (tertiary/aromatic N) is 3. The summed E-state index contributed by atoms with van der Waals surface area (Å²) in [5.74, 6) is 0.142. The van der Waals surface area contributed by atoms with Crippen LogP contribution >= 0.6 is 0 Å². The number of hydrogen-bond acceptors (Lipinski definition) is 4. The smallest absolute Gasteiger partial charge is 0.293 e. The van der Waals surface area contributed by atoms with Crippen molar-refractivity contribution in [2.45, 2.75) is 13.0 Å². The number of morpholine rings is 1. The first-order chi connectivity index (χ1) is 9.66. The van der Waals surface area contributed by atoms with Gasteiger partial charge in [0, 0.05) is 31.5 Å². The van der Waals surface area contributed by atoms with Gasteiger partial charge in [-0.25, -0.2) is 0 Å². The van der Waals surface area contributed by atoms with Gasteiger partial charge in [0.2, 0.25) is 5.76 Å². The Labute approximate surface area is 116 Å². The number of rotatable bonds is 2. The predicted octanol–water partition coefficient (Wildman–Crippen LogP) is 1.54. The van der Waals surface area contributed by atoms with E-state index in [1.165, 1.54) is 0 Å². The Morgan fingerprint density at radius 3 is 3.00 bits per heavy atom. The van der Waals surface area contributed by atoms with Crippen LogP contribution in [0, 0.1) is 6.92 Å². The lowest BCUT2D eigenvalue weighted by Gasteiger charge is -2.35. The van der Waals surface area contributed by atoms with E-state index in [-0.39, 0.29) is 17.7 Å². The Balaban J connectivity index is 1.89. The van der Waals surface area contributed by atoms with Gasteiger partial charge < -0.3 is 18.7 Å². The molecule has 1 amide bonds. The van der Waals surface area contributed by atoms with Crippen LogP contribution in [0.4, 0.5) is 0 Å². The molecule has 0 aliphatic carbocycles. The molecule has 6 heteroatoms. The maximum absolute atomic E-state index is 12.6. The SMILES string of the molecule is Cc1cc(C(=O)N2CCOC[C@@H]2c2cccn2C)on1. The Morgan fingerprint density at radius 2 is 2.35 bits per heavy atom. The van der Waals surface area contributed by atoms with Crippen molar-refractivity contribution in [1.82, 2.24) is 14.6 Å². The minimum absolute atomic E-state index is 0.0957. The molecule has 2 aromatic heterocycles. The van der Waals surface area contributed by atoms with Crippen LogP contribution in [-0.4, -0.2) is 40.3 Å². The van der Waals surface area contributed by atoms with Gasteiger partial charge in [0.05, 0.1) is 24.9 Å². The molecule has 0 spiro atoms. The second-order valence-corrected chi connectivity index (χ2v) is 4.97. The molecular formula is C14H17N3O3. The molecule has 106 valence electrons. The fourth-order valence-electron chi connectivity index (χ4n) is 2.52. The molecule has 0 bridgehead atoms. The molecule has 1 aliphatic heterocycles. The van der Waals surface area contributed by atoms with Gasteiger partial charge in [0.25, 0.3) is 5.91 Å². The van der Waals surface area contributed by atoms with E-state index in [1.54, 1.807) is 17.9 Å². The van der Waals surface area contributed by atoms with Crippen LogP contribution in [0.15, 0.2) is 28.9 Å². The highest BCUT2D eigenvalue weighted by Crippen LogP contribution is 2.26. The molecule has 6 nitrogen and oxygen atoms in total. The summed E-state index contributed by atoms with van der Waals surface area (Å²) in [7, 11) is 1.96. The molecular weight excluding hydrogens is 258 g/mol. The fourth-order valence-corrected chi connectivity index (χ4v) is 2.52. The number of aromatic nitrogens is 2. The topological polar surface area (TPSA) is 60.5 Å². The summed E-state index contributed by atoms with van der Waals surface area (Å²) in [4.78, 5) is 14.3. The van der Waals surface area contributed by atoms with Crippen molar-refractivity contribution in [1.29, 1.82) is 0 Å². The molecule has 1 aliphatic rings. The Kier molecular flexibility index (Phi) is 3.31. The van der Waals surface area contributed by atoms with Gasteiger partial charge in [-0.1, -0.05) is 5.16 Å². The third-order valence-electron chi connectivity index (χ3n) is 3.55. The van der Waals surface area contributed by atoms with E-state index in [0.717, 1.165) is 5.69 Å². The predicted molar refractivity (Wildman–Crippen MR) is 71.2 cm³/mol. The Hall–Kier alpha value is -2.08. The second kappa shape index (κ2) is 5.13. The zero-order valence-corrected chi connectivity index (χ0v) is 11.6. The molecule has 3 rings (SSSR count). The van der Waals surface area contributed by atoms with Gasteiger partial charge in [-0.3, -0.25) is 4.79 Å². The summed E-state index contributed by atoms with van der Waals surface area (Å²) in [5.41, 5.74) is 1.76. The number of ether oxygens (including phenoxy) is 1. The zero-order valence-electron chi connectivity index (χ0n) is 11.6. The molecule has 1 fully saturated rings. The van der Waals surface area contributed by atoms with Crippen LogP contribution < -0.4 is 0 Å². The molecule has 1 atom stereocenters. The van der Waals surface area contributed by atoms with Crippen molar-refractivity contribution in [2.24, 2.45) is 7.05 Å². The summed E-state index contributed by atoms with van der Waals surface area (Å²) in [6, 6.07) is 5.54. The van der Waals surface area contributed by atoms with E-state index in [2.05, 4.69) is 5.16 Å². The summed E-state index contributed by atoms with van der Waals surface area (Å²) in [6.45, 7) is 3.39. The maximum Gasteiger partial charge on any atom is 0.293 e. The van der Waals surface area contributed by atoms with Crippen molar-refractivity contribution >= 4 is 5.91 Å². The number of aryl methyl sites for hydroxylation is 2. The van der Waals surface area contributed by atoms with E-state index < -0.39 is 0 Å². The zero-order chi connectivity index (χ0) is 14.1. The van der Waals surface area contributed by atoms with Gasteiger partial charge in [-0.15, -0.1) is 0 Å². The molecule has 0 aromatic carbocycles. The minimum atomic E-state index is -0.139. The Bertz CT molecular complexity index is 617. The van der Waals surface area contributed by atoms with Crippen LogP contribution in [-0.2, 0) is 11.8 Å². The summed E-state index contributed by atoms with van der Waals surface area (Å²) < 4.78 is 12.6. The summed E-state index contributed by atoms with van der Waals surface area (Å²) in [5, 5.41) is 3.78. The van der Waals surface area contributed by atoms with Gasteiger partial charge in [0.15, 0.2) is 0 Å². The third-order valence-corrected chi connectivity index (χ3v) is 3.55. The first kappa shape index (κ1) is 12.9. The normalized spacial score (nSPS) is 19.3. The third kappa shape index (κ3) is 2.22. The van der Waals surface area contributed by atoms with E-state index in [0.29, 0.717) is 25.5 Å². The van der Waals surface area contributed by atoms with Crippen LogP contribution in [0.2, 0.25) is 0 Å². The van der Waals surface area contributed by atoms with Crippen molar-refractivity contribution in [3.05, 3.63) is 41.5 Å². The lowest BCUT2D eigenvalue weighted by molar-refractivity contribution is -0.00655.